The zero-order chi connectivity index (χ0) is 10.5. The molecule has 0 rings (SSSR count). The Balaban J connectivity index is 4.16. The van der Waals surface area contributed by atoms with Crippen LogP contribution in [0.2, 0.25) is 0 Å². The van der Waals surface area contributed by atoms with Crippen LogP contribution >= 0.6 is 0 Å². The smallest absolute Gasteiger partial charge is 0.168 e. The minimum absolute atomic E-state index is 0.112. The van der Waals surface area contributed by atoms with Crippen LogP contribution in [0.1, 0.15) is 40.5 Å². The van der Waals surface area contributed by atoms with Crippen LogP contribution in [-0.4, -0.2) is 18.0 Å². The Hall–Kier alpha value is -0.630. The van der Waals surface area contributed by atoms with Crippen LogP contribution in [0.4, 0.5) is 0 Å². The number of rotatable bonds is 6. The van der Waals surface area contributed by atoms with Gasteiger partial charge in [0, 0.05) is 13.0 Å². The molecule has 0 aromatic carbocycles. The summed E-state index contributed by atoms with van der Waals surface area (Å²) in [6, 6.07) is 0. The average molecular weight is 184 g/mol. The Morgan fingerprint density at radius 3 is 2.31 bits per heavy atom. The maximum Gasteiger partial charge on any atom is 0.168 e. The molecule has 13 heavy (non-hydrogen) atoms. The number of allylic oxidation sites excluding steroid dienone is 1. The van der Waals surface area contributed by atoms with Gasteiger partial charge in [-0.05, 0) is 27.2 Å². The predicted octanol–water partition coefficient (Wildman–Crippen LogP) is 2.73. The van der Waals surface area contributed by atoms with E-state index in [9.17, 15) is 4.79 Å². The molecule has 0 aromatic heterocycles. The third kappa shape index (κ3) is 4.23. The minimum Gasteiger partial charge on any atom is -0.368 e. The van der Waals surface area contributed by atoms with E-state index in [0.29, 0.717) is 13.0 Å². The first kappa shape index (κ1) is 12.4. The summed E-state index contributed by atoms with van der Waals surface area (Å²) >= 11 is 0. The Morgan fingerprint density at radius 1 is 1.38 bits per heavy atom. The fourth-order valence-electron chi connectivity index (χ4n) is 1.01. The summed E-state index contributed by atoms with van der Waals surface area (Å²) in [7, 11) is 0. The summed E-state index contributed by atoms with van der Waals surface area (Å²) in [5.74, 6) is 0.112. The Bertz CT molecular complexity index is 192. The molecule has 0 unspecified atom stereocenters. The summed E-state index contributed by atoms with van der Waals surface area (Å²) in [5.41, 5.74) is 0.310. The van der Waals surface area contributed by atoms with Gasteiger partial charge >= 0.3 is 0 Å². The molecule has 0 saturated carbocycles. The van der Waals surface area contributed by atoms with E-state index in [1.54, 1.807) is 0 Å². The van der Waals surface area contributed by atoms with Gasteiger partial charge in [0.05, 0.1) is 0 Å². The molecule has 0 aliphatic rings. The van der Waals surface area contributed by atoms with Crippen molar-refractivity contribution in [1.29, 1.82) is 0 Å². The van der Waals surface area contributed by atoms with Crippen molar-refractivity contribution in [2.24, 2.45) is 0 Å². The summed E-state index contributed by atoms with van der Waals surface area (Å²) in [6.45, 7) is 11.9. The standard InChI is InChI=1S/C11H20O2/c1-6-9(3)8-10(12)11(4,5)13-7-2/h3,6-8H2,1-2,4-5H3. The normalized spacial score (nSPS) is 11.4. The number of hydrogen-bond acceptors (Lipinski definition) is 2. The van der Waals surface area contributed by atoms with Crippen molar-refractivity contribution < 1.29 is 9.53 Å². The highest BCUT2D eigenvalue weighted by Crippen LogP contribution is 2.16. The first-order valence-electron chi connectivity index (χ1n) is 4.78. The largest absolute Gasteiger partial charge is 0.368 e. The topological polar surface area (TPSA) is 26.3 Å². The number of ketones is 1. The maximum atomic E-state index is 11.6. The lowest BCUT2D eigenvalue weighted by molar-refractivity contribution is -0.139. The monoisotopic (exact) mass is 184 g/mol. The molecule has 0 amide bonds. The molecule has 0 bridgehead atoms. The van der Waals surface area contributed by atoms with E-state index in [2.05, 4.69) is 6.58 Å². The van der Waals surface area contributed by atoms with Gasteiger partial charge in [0.1, 0.15) is 5.60 Å². The van der Waals surface area contributed by atoms with Crippen LogP contribution in [0.3, 0.4) is 0 Å². The van der Waals surface area contributed by atoms with Crippen LogP contribution in [-0.2, 0) is 9.53 Å². The summed E-state index contributed by atoms with van der Waals surface area (Å²) in [4.78, 5) is 11.6. The van der Waals surface area contributed by atoms with E-state index in [-0.39, 0.29) is 5.78 Å². The lowest BCUT2D eigenvalue weighted by atomic mass is 9.96. The summed E-state index contributed by atoms with van der Waals surface area (Å²) in [6.07, 6.45) is 1.29. The number of carbonyl (C=O) groups is 1. The van der Waals surface area contributed by atoms with Gasteiger partial charge in [-0.1, -0.05) is 19.1 Å². The first-order chi connectivity index (χ1) is 5.94. The Labute approximate surface area is 81.0 Å². The first-order valence-corrected chi connectivity index (χ1v) is 4.78. The zero-order valence-electron chi connectivity index (χ0n) is 9.14. The van der Waals surface area contributed by atoms with Crippen LogP contribution in [0.15, 0.2) is 12.2 Å². The molecular formula is C11H20O2. The molecule has 0 aromatic rings. The van der Waals surface area contributed by atoms with Gasteiger partial charge in [-0.2, -0.15) is 0 Å². The third-order valence-corrected chi connectivity index (χ3v) is 2.09. The van der Waals surface area contributed by atoms with Gasteiger partial charge in [-0.3, -0.25) is 4.79 Å². The molecule has 0 aliphatic carbocycles. The quantitative estimate of drug-likeness (QED) is 0.593. The van der Waals surface area contributed by atoms with E-state index in [4.69, 9.17) is 4.74 Å². The van der Waals surface area contributed by atoms with Gasteiger partial charge in [-0.15, -0.1) is 0 Å². The molecule has 0 heterocycles. The van der Waals surface area contributed by atoms with Crippen molar-refractivity contribution in [3.8, 4) is 0 Å². The van der Waals surface area contributed by atoms with Gasteiger partial charge in [0.15, 0.2) is 5.78 Å². The van der Waals surface area contributed by atoms with Gasteiger partial charge < -0.3 is 4.74 Å². The summed E-state index contributed by atoms with van der Waals surface area (Å²) < 4.78 is 5.35. The van der Waals surface area contributed by atoms with Crippen LogP contribution in [0, 0.1) is 0 Å². The molecule has 0 saturated heterocycles. The molecule has 0 N–H and O–H groups in total. The Morgan fingerprint density at radius 2 is 1.92 bits per heavy atom. The van der Waals surface area contributed by atoms with Gasteiger partial charge in [-0.25, -0.2) is 0 Å². The molecule has 2 nitrogen and oxygen atoms in total. The zero-order valence-corrected chi connectivity index (χ0v) is 9.14. The van der Waals surface area contributed by atoms with Crippen molar-refractivity contribution >= 4 is 5.78 Å². The number of carbonyl (C=O) groups excluding carboxylic acids is 1. The van der Waals surface area contributed by atoms with Crippen molar-refractivity contribution in [3.63, 3.8) is 0 Å². The highest BCUT2D eigenvalue weighted by molar-refractivity contribution is 5.88. The number of ether oxygens (including phenoxy) is 1. The van der Waals surface area contributed by atoms with Gasteiger partial charge in [0.2, 0.25) is 0 Å². The second-order valence-corrected chi connectivity index (χ2v) is 3.65. The molecule has 0 fully saturated rings. The lowest BCUT2D eigenvalue weighted by Gasteiger charge is -2.23. The molecule has 0 radical (unpaired) electrons. The fraction of sp³-hybridized carbons (Fsp3) is 0.727. The summed E-state index contributed by atoms with van der Waals surface area (Å²) in [5, 5.41) is 0. The SMILES string of the molecule is C=C(CC)CC(=O)C(C)(C)OCC. The fourth-order valence-corrected chi connectivity index (χ4v) is 1.01. The van der Waals surface area contributed by atoms with E-state index >= 15 is 0 Å². The van der Waals surface area contributed by atoms with E-state index in [0.717, 1.165) is 12.0 Å². The van der Waals surface area contributed by atoms with Crippen LogP contribution < -0.4 is 0 Å². The molecule has 76 valence electrons. The second-order valence-electron chi connectivity index (χ2n) is 3.65. The molecular weight excluding hydrogens is 164 g/mol. The molecule has 0 spiro atoms. The van der Waals surface area contributed by atoms with Crippen molar-refractivity contribution in [1.82, 2.24) is 0 Å². The average Bonchev–Trinajstić information content (AvgIpc) is 2.04. The highest BCUT2D eigenvalue weighted by atomic mass is 16.5. The minimum atomic E-state index is -0.660. The van der Waals surface area contributed by atoms with Crippen LogP contribution in [0.5, 0.6) is 0 Å². The van der Waals surface area contributed by atoms with Crippen molar-refractivity contribution in [3.05, 3.63) is 12.2 Å². The number of Topliss-reactive ketones (excluding diaryl/α,β-unsaturated/α-hetero) is 1. The molecule has 0 aliphatic heterocycles. The predicted molar refractivity (Wildman–Crippen MR) is 54.8 cm³/mol. The number of hydrogen-bond donors (Lipinski definition) is 0. The highest BCUT2D eigenvalue weighted by Gasteiger charge is 2.27. The molecule has 2 heteroatoms. The third-order valence-electron chi connectivity index (χ3n) is 2.09. The Kier molecular flexibility index (Phi) is 4.92. The van der Waals surface area contributed by atoms with E-state index in [1.165, 1.54) is 0 Å². The van der Waals surface area contributed by atoms with Gasteiger partial charge in [0.25, 0.3) is 0 Å². The van der Waals surface area contributed by atoms with E-state index < -0.39 is 5.60 Å². The van der Waals surface area contributed by atoms with Crippen LogP contribution in [0.25, 0.3) is 0 Å². The van der Waals surface area contributed by atoms with Crippen molar-refractivity contribution in [2.75, 3.05) is 6.61 Å². The van der Waals surface area contributed by atoms with E-state index in [1.807, 2.05) is 27.7 Å². The molecule has 0 atom stereocenters. The second kappa shape index (κ2) is 5.18. The maximum absolute atomic E-state index is 11.6. The van der Waals surface area contributed by atoms with Crippen molar-refractivity contribution in [2.45, 2.75) is 46.1 Å². The lowest BCUT2D eigenvalue weighted by Crippen LogP contribution is -2.35.